The Morgan fingerprint density at radius 1 is 1.14 bits per heavy atom. The minimum Gasteiger partial charge on any atom is -0.342 e. The van der Waals surface area contributed by atoms with Gasteiger partial charge in [0.1, 0.15) is 27.7 Å². The maximum atomic E-state index is 13.2. The van der Waals surface area contributed by atoms with Crippen molar-refractivity contribution in [1.82, 2.24) is 20.3 Å². The number of hydrogen-bond donors (Lipinski definition) is 3. The van der Waals surface area contributed by atoms with Gasteiger partial charge in [0.05, 0.1) is 17.8 Å². The molecule has 4 rings (SSSR count). The van der Waals surface area contributed by atoms with Gasteiger partial charge in [0, 0.05) is 17.7 Å². The summed E-state index contributed by atoms with van der Waals surface area (Å²) in [6.07, 6.45) is -0.711. The van der Waals surface area contributed by atoms with Gasteiger partial charge in [0.25, 0.3) is 11.8 Å². The molecule has 1 aliphatic rings. The van der Waals surface area contributed by atoms with Crippen LogP contribution in [-0.2, 0) is 17.4 Å². The summed E-state index contributed by atoms with van der Waals surface area (Å²) < 4.78 is 39.5. The Kier molecular flexibility index (Phi) is 7.02. The Labute approximate surface area is 207 Å². The van der Waals surface area contributed by atoms with Crippen LogP contribution < -0.4 is 16.0 Å². The first kappa shape index (κ1) is 25.2. The molecule has 0 saturated carbocycles. The third kappa shape index (κ3) is 5.51. The number of aromatic nitrogens is 3. The number of anilines is 2. The van der Waals surface area contributed by atoms with Crippen molar-refractivity contribution in [3.05, 3.63) is 63.0 Å². The number of thiazole rings is 1. The highest BCUT2D eigenvalue weighted by atomic mass is 32.1. The first-order valence-electron chi connectivity index (χ1n) is 10.9. The third-order valence-electron chi connectivity index (χ3n) is 5.52. The molecule has 2 aromatic heterocycles. The molecule has 1 atom stereocenters. The van der Waals surface area contributed by atoms with Gasteiger partial charge in [-0.25, -0.2) is 15.0 Å². The smallest absolute Gasteiger partial charge is 0.342 e. The summed E-state index contributed by atoms with van der Waals surface area (Å²) in [5, 5.41) is 8.31. The number of aryl methyl sites for hydroxylation is 1. The van der Waals surface area contributed by atoms with Gasteiger partial charge in [-0.1, -0.05) is 6.07 Å². The van der Waals surface area contributed by atoms with Crippen molar-refractivity contribution in [3.63, 3.8) is 0 Å². The number of halogens is 3. The van der Waals surface area contributed by atoms with Crippen LogP contribution in [0.25, 0.3) is 0 Å². The second-order valence-electron chi connectivity index (χ2n) is 8.19. The minimum absolute atomic E-state index is 0.00534. The van der Waals surface area contributed by atoms with Crippen LogP contribution in [0.4, 0.5) is 24.7 Å². The van der Waals surface area contributed by atoms with Crippen LogP contribution in [0.15, 0.2) is 30.7 Å². The Bertz CT molecular complexity index is 1340. The monoisotopic (exact) mass is 518 g/mol. The first-order chi connectivity index (χ1) is 17.0. The number of rotatable bonds is 5. The van der Waals surface area contributed by atoms with Gasteiger partial charge in [-0.3, -0.25) is 14.4 Å². The van der Waals surface area contributed by atoms with Crippen LogP contribution in [0.3, 0.4) is 0 Å². The van der Waals surface area contributed by atoms with Crippen molar-refractivity contribution in [2.75, 3.05) is 10.6 Å². The second kappa shape index (κ2) is 10.0. The molecule has 0 bridgehead atoms. The van der Waals surface area contributed by atoms with E-state index in [4.69, 9.17) is 0 Å². The average molecular weight is 519 g/mol. The minimum atomic E-state index is -4.54. The molecule has 13 heteroatoms. The molecule has 0 spiro atoms. The van der Waals surface area contributed by atoms with Gasteiger partial charge < -0.3 is 16.0 Å². The second-order valence-corrected chi connectivity index (χ2v) is 9.25. The quantitative estimate of drug-likeness (QED) is 0.463. The van der Waals surface area contributed by atoms with E-state index in [0.717, 1.165) is 17.4 Å². The fourth-order valence-electron chi connectivity index (χ4n) is 3.69. The Hall–Kier alpha value is -3.87. The van der Waals surface area contributed by atoms with E-state index in [2.05, 4.69) is 30.9 Å². The lowest BCUT2D eigenvalue weighted by Gasteiger charge is -2.14. The topological polar surface area (TPSA) is 126 Å². The zero-order chi connectivity index (χ0) is 26.0. The summed E-state index contributed by atoms with van der Waals surface area (Å²) in [7, 11) is 0. The molecule has 0 fully saturated rings. The largest absolute Gasteiger partial charge is 0.416 e. The van der Waals surface area contributed by atoms with Crippen LogP contribution in [-0.4, -0.2) is 32.7 Å². The number of amides is 3. The summed E-state index contributed by atoms with van der Waals surface area (Å²) in [5.74, 6) is -0.978. The molecule has 0 saturated heterocycles. The summed E-state index contributed by atoms with van der Waals surface area (Å²) in [5.41, 5.74) is -0.0883. The molecule has 9 nitrogen and oxygen atoms in total. The molecule has 1 unspecified atom stereocenters. The molecule has 3 N–H and O–H groups in total. The Balaban J connectivity index is 1.45. The SMILES string of the molecule is Cc1ccc(NC(=O)c2cnc(C(C)NC(=O)c3ncnc4c3CCCC(=O)N4)s2)cc1C(F)(F)F. The van der Waals surface area contributed by atoms with E-state index in [-0.39, 0.29) is 27.7 Å². The predicted octanol–water partition coefficient (Wildman–Crippen LogP) is 4.28. The highest BCUT2D eigenvalue weighted by molar-refractivity contribution is 7.13. The normalized spacial score (nSPS) is 14.3. The van der Waals surface area contributed by atoms with E-state index < -0.39 is 29.6 Å². The number of nitrogens with one attached hydrogen (secondary N) is 3. The number of alkyl halides is 3. The van der Waals surface area contributed by atoms with E-state index in [9.17, 15) is 27.6 Å². The number of carbonyl (C=O) groups excluding carboxylic acids is 3. The van der Waals surface area contributed by atoms with Crippen molar-refractivity contribution in [3.8, 4) is 0 Å². The number of benzene rings is 1. The van der Waals surface area contributed by atoms with Crippen molar-refractivity contribution >= 4 is 40.6 Å². The van der Waals surface area contributed by atoms with E-state index >= 15 is 0 Å². The van der Waals surface area contributed by atoms with E-state index in [1.807, 2.05) is 0 Å². The number of carbonyl (C=O) groups is 3. The maximum absolute atomic E-state index is 13.2. The van der Waals surface area contributed by atoms with Crippen molar-refractivity contribution in [1.29, 1.82) is 0 Å². The molecule has 1 aliphatic heterocycles. The number of fused-ring (bicyclic) bond motifs is 1. The van der Waals surface area contributed by atoms with E-state index in [0.29, 0.717) is 35.7 Å². The maximum Gasteiger partial charge on any atom is 0.416 e. The van der Waals surface area contributed by atoms with Crippen LogP contribution in [0.2, 0.25) is 0 Å². The fraction of sp³-hybridized carbons (Fsp3) is 0.304. The zero-order valence-electron chi connectivity index (χ0n) is 19.2. The molecule has 36 heavy (non-hydrogen) atoms. The molecule has 3 heterocycles. The third-order valence-corrected chi connectivity index (χ3v) is 6.69. The fourth-order valence-corrected chi connectivity index (χ4v) is 4.51. The number of hydrogen-bond acceptors (Lipinski definition) is 7. The first-order valence-corrected chi connectivity index (χ1v) is 11.7. The Morgan fingerprint density at radius 3 is 2.67 bits per heavy atom. The molecular formula is C23H21F3N6O3S. The van der Waals surface area contributed by atoms with Gasteiger partial charge in [0.15, 0.2) is 0 Å². The Morgan fingerprint density at radius 2 is 1.92 bits per heavy atom. The molecule has 188 valence electrons. The highest BCUT2D eigenvalue weighted by Crippen LogP contribution is 2.33. The summed E-state index contributed by atoms with van der Waals surface area (Å²) >= 11 is 1.00. The average Bonchev–Trinajstić information content (AvgIpc) is 3.23. The van der Waals surface area contributed by atoms with Crippen LogP contribution in [0.5, 0.6) is 0 Å². The van der Waals surface area contributed by atoms with Crippen molar-refractivity contribution in [2.45, 2.75) is 45.3 Å². The standard InChI is InChI=1S/C23H21F3N6O3S/c1-11-6-7-13(8-15(11)23(24,25)26)31-20(34)16-9-27-22(36-16)12(2)30-21(35)18-14-4-3-5-17(33)32-19(14)29-10-28-18/h6-10,12H,3-5H2,1-2H3,(H,30,35)(H,31,34)(H,28,29,32,33). The van der Waals surface area contributed by atoms with Crippen molar-refractivity contribution in [2.24, 2.45) is 0 Å². The van der Waals surface area contributed by atoms with E-state index in [1.54, 1.807) is 6.92 Å². The molecule has 3 aromatic rings. The summed E-state index contributed by atoms with van der Waals surface area (Å²) in [6, 6.07) is 2.96. The molecule has 1 aromatic carbocycles. The van der Waals surface area contributed by atoms with Gasteiger partial charge in [-0.05, 0) is 44.4 Å². The van der Waals surface area contributed by atoms with Crippen LogP contribution >= 0.6 is 11.3 Å². The van der Waals surface area contributed by atoms with Gasteiger partial charge in [0.2, 0.25) is 5.91 Å². The predicted molar refractivity (Wildman–Crippen MR) is 126 cm³/mol. The van der Waals surface area contributed by atoms with Gasteiger partial charge >= 0.3 is 6.18 Å². The van der Waals surface area contributed by atoms with Gasteiger partial charge in [-0.15, -0.1) is 11.3 Å². The molecule has 0 aliphatic carbocycles. The summed E-state index contributed by atoms with van der Waals surface area (Å²) in [6.45, 7) is 3.02. The van der Waals surface area contributed by atoms with E-state index in [1.165, 1.54) is 31.6 Å². The molecule has 0 radical (unpaired) electrons. The van der Waals surface area contributed by atoms with Gasteiger partial charge in [-0.2, -0.15) is 13.2 Å². The zero-order valence-corrected chi connectivity index (χ0v) is 20.0. The lowest BCUT2D eigenvalue weighted by Crippen LogP contribution is -2.29. The number of nitrogens with zero attached hydrogens (tertiary/aromatic N) is 3. The van der Waals surface area contributed by atoms with Crippen LogP contribution in [0.1, 0.15) is 67.7 Å². The summed E-state index contributed by atoms with van der Waals surface area (Å²) in [4.78, 5) is 49.8. The molecule has 3 amide bonds. The lowest BCUT2D eigenvalue weighted by molar-refractivity contribution is -0.138. The lowest BCUT2D eigenvalue weighted by atomic mass is 10.1. The molecular weight excluding hydrogens is 497 g/mol. The highest BCUT2D eigenvalue weighted by Gasteiger charge is 2.32. The van der Waals surface area contributed by atoms with Crippen LogP contribution in [0, 0.1) is 6.92 Å². The van der Waals surface area contributed by atoms with Crippen molar-refractivity contribution < 1.29 is 27.6 Å².